The van der Waals surface area contributed by atoms with Gasteiger partial charge in [-0.15, -0.1) is 0 Å². The summed E-state index contributed by atoms with van der Waals surface area (Å²) >= 11 is 0. The standard InChI is InChI=1S/C14H10F3NO2/c1-2-20-9-5-8(6-18-7-9)14(19)10-3-4-11(15)13(17)12(10)16/h3-7H,2H2,1H3. The smallest absolute Gasteiger partial charge is 0.197 e. The fourth-order valence-electron chi connectivity index (χ4n) is 1.65. The Morgan fingerprint density at radius 2 is 1.95 bits per heavy atom. The Morgan fingerprint density at radius 1 is 1.20 bits per heavy atom. The maximum absolute atomic E-state index is 13.6. The van der Waals surface area contributed by atoms with Gasteiger partial charge in [-0.25, -0.2) is 13.2 Å². The zero-order chi connectivity index (χ0) is 14.7. The lowest BCUT2D eigenvalue weighted by Crippen LogP contribution is -2.08. The molecule has 0 radical (unpaired) electrons. The molecule has 0 aliphatic heterocycles. The van der Waals surface area contributed by atoms with E-state index in [1.54, 1.807) is 6.92 Å². The molecule has 20 heavy (non-hydrogen) atoms. The molecule has 0 aliphatic rings. The van der Waals surface area contributed by atoms with E-state index in [-0.39, 0.29) is 5.56 Å². The first kappa shape index (κ1) is 14.0. The average Bonchev–Trinajstić information content (AvgIpc) is 2.45. The van der Waals surface area contributed by atoms with Crippen LogP contribution >= 0.6 is 0 Å². The van der Waals surface area contributed by atoms with Crippen molar-refractivity contribution in [3.63, 3.8) is 0 Å². The zero-order valence-corrected chi connectivity index (χ0v) is 10.5. The number of ketones is 1. The first-order valence-corrected chi connectivity index (χ1v) is 5.80. The lowest BCUT2D eigenvalue weighted by Gasteiger charge is -2.06. The molecule has 1 aromatic carbocycles. The third kappa shape index (κ3) is 2.64. The van der Waals surface area contributed by atoms with Gasteiger partial charge in [-0.2, -0.15) is 0 Å². The van der Waals surface area contributed by atoms with Gasteiger partial charge in [0.1, 0.15) is 5.75 Å². The van der Waals surface area contributed by atoms with Gasteiger partial charge in [-0.1, -0.05) is 0 Å². The average molecular weight is 281 g/mol. The van der Waals surface area contributed by atoms with Gasteiger partial charge in [0, 0.05) is 11.8 Å². The second-order valence-electron chi connectivity index (χ2n) is 3.89. The molecule has 0 N–H and O–H groups in total. The molecule has 1 heterocycles. The van der Waals surface area contributed by atoms with E-state index in [2.05, 4.69) is 4.98 Å². The first-order valence-electron chi connectivity index (χ1n) is 5.80. The van der Waals surface area contributed by atoms with Crippen LogP contribution in [0.5, 0.6) is 5.75 Å². The molecule has 104 valence electrons. The van der Waals surface area contributed by atoms with Crippen LogP contribution in [0.3, 0.4) is 0 Å². The van der Waals surface area contributed by atoms with E-state index in [0.717, 1.165) is 6.07 Å². The van der Waals surface area contributed by atoms with Crippen LogP contribution in [0.2, 0.25) is 0 Å². The number of pyridine rings is 1. The van der Waals surface area contributed by atoms with Gasteiger partial charge >= 0.3 is 0 Å². The summed E-state index contributed by atoms with van der Waals surface area (Å²) in [5, 5.41) is 0. The van der Waals surface area contributed by atoms with Crippen molar-refractivity contribution in [3.05, 3.63) is 59.2 Å². The van der Waals surface area contributed by atoms with Gasteiger partial charge < -0.3 is 4.74 Å². The molecule has 0 atom stereocenters. The summed E-state index contributed by atoms with van der Waals surface area (Å²) in [6, 6.07) is 2.95. The lowest BCUT2D eigenvalue weighted by atomic mass is 10.0. The van der Waals surface area contributed by atoms with E-state index in [1.165, 1.54) is 18.5 Å². The summed E-state index contributed by atoms with van der Waals surface area (Å²) in [6.07, 6.45) is 2.59. The highest BCUT2D eigenvalue weighted by atomic mass is 19.2. The third-order valence-corrected chi connectivity index (χ3v) is 2.57. The van der Waals surface area contributed by atoms with Gasteiger partial charge in [-0.3, -0.25) is 9.78 Å². The summed E-state index contributed by atoms with van der Waals surface area (Å²) in [5.74, 6) is -5.00. The molecule has 0 unspecified atom stereocenters. The summed E-state index contributed by atoms with van der Waals surface area (Å²) in [7, 11) is 0. The minimum absolute atomic E-state index is 0.0286. The highest BCUT2D eigenvalue weighted by molar-refractivity contribution is 6.09. The van der Waals surface area contributed by atoms with Crippen molar-refractivity contribution in [1.82, 2.24) is 4.98 Å². The van der Waals surface area contributed by atoms with Gasteiger partial charge in [0.2, 0.25) is 0 Å². The number of aromatic nitrogens is 1. The van der Waals surface area contributed by atoms with E-state index in [4.69, 9.17) is 4.74 Å². The molecule has 0 saturated heterocycles. The fraction of sp³-hybridized carbons (Fsp3) is 0.143. The summed E-state index contributed by atoms with van der Waals surface area (Å²) in [5.41, 5.74) is -0.528. The Hall–Kier alpha value is -2.37. The zero-order valence-electron chi connectivity index (χ0n) is 10.5. The molecule has 2 aromatic rings. The normalized spacial score (nSPS) is 10.4. The molecular weight excluding hydrogens is 271 g/mol. The fourth-order valence-corrected chi connectivity index (χ4v) is 1.65. The van der Waals surface area contributed by atoms with E-state index in [1.807, 2.05) is 0 Å². The quantitative estimate of drug-likeness (QED) is 0.638. The molecule has 0 fully saturated rings. The summed E-state index contributed by atoms with van der Waals surface area (Å²) in [6.45, 7) is 2.13. The lowest BCUT2D eigenvalue weighted by molar-refractivity contribution is 0.103. The van der Waals surface area contributed by atoms with E-state index < -0.39 is 28.8 Å². The topological polar surface area (TPSA) is 39.2 Å². The molecule has 3 nitrogen and oxygen atoms in total. The van der Waals surface area contributed by atoms with Gasteiger partial charge in [0.15, 0.2) is 23.2 Å². The molecule has 0 amide bonds. The van der Waals surface area contributed by atoms with Crippen LogP contribution in [0.25, 0.3) is 0 Å². The third-order valence-electron chi connectivity index (χ3n) is 2.57. The minimum Gasteiger partial charge on any atom is -0.492 e. The second kappa shape index (κ2) is 5.73. The molecule has 1 aromatic heterocycles. The number of halogens is 3. The number of nitrogens with zero attached hydrogens (tertiary/aromatic N) is 1. The van der Waals surface area contributed by atoms with Crippen molar-refractivity contribution in [1.29, 1.82) is 0 Å². The first-order chi connectivity index (χ1) is 9.54. The van der Waals surface area contributed by atoms with Crippen molar-refractivity contribution < 1.29 is 22.7 Å². The minimum atomic E-state index is -1.68. The van der Waals surface area contributed by atoms with Crippen LogP contribution in [0.15, 0.2) is 30.6 Å². The van der Waals surface area contributed by atoms with Crippen LogP contribution < -0.4 is 4.74 Å². The molecule has 0 aliphatic carbocycles. The van der Waals surface area contributed by atoms with Crippen molar-refractivity contribution in [2.45, 2.75) is 6.92 Å². The number of hydrogen-bond acceptors (Lipinski definition) is 3. The van der Waals surface area contributed by atoms with Crippen LogP contribution in [0, 0.1) is 17.5 Å². The maximum Gasteiger partial charge on any atom is 0.197 e. The number of rotatable bonds is 4. The summed E-state index contributed by atoms with van der Waals surface area (Å²) < 4.78 is 44.7. The largest absolute Gasteiger partial charge is 0.492 e. The van der Waals surface area contributed by atoms with Crippen LogP contribution in [0.1, 0.15) is 22.8 Å². The highest BCUT2D eigenvalue weighted by Gasteiger charge is 2.20. The summed E-state index contributed by atoms with van der Waals surface area (Å²) in [4.78, 5) is 15.8. The van der Waals surface area contributed by atoms with Crippen molar-refractivity contribution in [2.24, 2.45) is 0 Å². The molecule has 2 rings (SSSR count). The monoisotopic (exact) mass is 281 g/mol. The SMILES string of the molecule is CCOc1cncc(C(=O)c2ccc(F)c(F)c2F)c1. The Bertz CT molecular complexity index is 659. The molecular formula is C14H10F3NO2. The highest BCUT2D eigenvalue weighted by Crippen LogP contribution is 2.20. The Morgan fingerprint density at radius 3 is 2.65 bits per heavy atom. The Balaban J connectivity index is 2.41. The number of hydrogen-bond donors (Lipinski definition) is 0. The molecule has 0 bridgehead atoms. The Labute approximate surface area is 113 Å². The second-order valence-corrected chi connectivity index (χ2v) is 3.89. The molecule has 0 spiro atoms. The van der Waals surface area contributed by atoms with Gasteiger partial charge in [0.05, 0.1) is 18.4 Å². The van der Waals surface area contributed by atoms with E-state index >= 15 is 0 Å². The number of benzene rings is 1. The van der Waals surface area contributed by atoms with E-state index in [0.29, 0.717) is 18.4 Å². The number of carbonyl (C=O) groups is 1. The van der Waals surface area contributed by atoms with Gasteiger partial charge in [0.25, 0.3) is 0 Å². The molecule has 0 saturated carbocycles. The number of carbonyl (C=O) groups excluding carboxylic acids is 1. The predicted molar refractivity (Wildman–Crippen MR) is 65.2 cm³/mol. The molecule has 6 heteroatoms. The van der Waals surface area contributed by atoms with Crippen LogP contribution in [-0.4, -0.2) is 17.4 Å². The van der Waals surface area contributed by atoms with Crippen LogP contribution in [-0.2, 0) is 0 Å². The van der Waals surface area contributed by atoms with Crippen molar-refractivity contribution in [2.75, 3.05) is 6.61 Å². The number of ether oxygens (including phenoxy) is 1. The predicted octanol–water partition coefficient (Wildman–Crippen LogP) is 3.13. The van der Waals surface area contributed by atoms with Crippen molar-refractivity contribution in [3.8, 4) is 5.75 Å². The maximum atomic E-state index is 13.6. The van der Waals surface area contributed by atoms with Crippen molar-refractivity contribution >= 4 is 5.78 Å². The Kier molecular flexibility index (Phi) is 4.02. The van der Waals surface area contributed by atoms with E-state index in [9.17, 15) is 18.0 Å². The van der Waals surface area contributed by atoms with Crippen LogP contribution in [0.4, 0.5) is 13.2 Å². The van der Waals surface area contributed by atoms with Gasteiger partial charge in [-0.05, 0) is 25.1 Å².